The number of nitrogens with one attached hydrogen (secondary N) is 1. The first-order chi connectivity index (χ1) is 12.6. The Bertz CT molecular complexity index is 951. The van der Waals surface area contributed by atoms with Crippen LogP contribution in [0, 0.1) is 6.92 Å². The fraction of sp³-hybridized carbons (Fsp3) is 0.294. The Balaban J connectivity index is 1.75. The Morgan fingerprint density at radius 2 is 2.04 bits per heavy atom. The molecule has 1 fully saturated rings. The first kappa shape index (κ1) is 16.7. The van der Waals surface area contributed by atoms with E-state index >= 15 is 0 Å². The average molecular weight is 374 g/mol. The van der Waals surface area contributed by atoms with Crippen LogP contribution in [0.5, 0.6) is 0 Å². The molecule has 3 aromatic heterocycles. The summed E-state index contributed by atoms with van der Waals surface area (Å²) in [4.78, 5) is 27.6. The highest BCUT2D eigenvalue weighted by Crippen LogP contribution is 2.32. The Kier molecular flexibility index (Phi) is 4.44. The number of carbonyl (C=O) groups excluding carboxylic acids is 1. The van der Waals surface area contributed by atoms with Gasteiger partial charge in [0.2, 0.25) is 5.71 Å². The third kappa shape index (κ3) is 3.09. The smallest absolute Gasteiger partial charge is 0.261 e. The zero-order valence-electron chi connectivity index (χ0n) is 14.0. The molecule has 8 nitrogen and oxygen atoms in total. The molecule has 0 unspecified atom stereocenters. The Labute approximate surface area is 154 Å². The molecule has 9 heteroatoms. The number of ether oxygens (including phenoxy) is 1. The average Bonchev–Trinajstić information content (AvgIpc) is 3.00. The van der Waals surface area contributed by atoms with Crippen LogP contribution in [-0.2, 0) is 4.74 Å². The molecule has 1 aliphatic rings. The van der Waals surface area contributed by atoms with E-state index in [1.165, 1.54) is 12.5 Å². The number of hydrogen-bond acceptors (Lipinski definition) is 7. The number of morpholine rings is 1. The van der Waals surface area contributed by atoms with E-state index < -0.39 is 0 Å². The molecule has 1 N–H and O–H groups in total. The van der Waals surface area contributed by atoms with Gasteiger partial charge in [-0.15, -0.1) is 0 Å². The highest BCUT2D eigenvalue weighted by Gasteiger charge is 2.26. The van der Waals surface area contributed by atoms with Crippen LogP contribution in [0.3, 0.4) is 0 Å². The molecule has 0 bridgehead atoms. The van der Waals surface area contributed by atoms with Crippen molar-refractivity contribution in [3.8, 4) is 0 Å². The number of amides is 1. The summed E-state index contributed by atoms with van der Waals surface area (Å²) in [6.07, 6.45) is 2.91. The van der Waals surface area contributed by atoms with Gasteiger partial charge in [0.15, 0.2) is 0 Å². The van der Waals surface area contributed by atoms with Gasteiger partial charge in [0.05, 0.1) is 29.2 Å². The molecule has 0 atom stereocenters. The number of aromatic nitrogens is 3. The van der Waals surface area contributed by atoms with E-state index in [0.717, 1.165) is 0 Å². The maximum Gasteiger partial charge on any atom is 0.261 e. The van der Waals surface area contributed by atoms with Crippen molar-refractivity contribution in [1.29, 1.82) is 0 Å². The topological polar surface area (TPSA) is 93.4 Å². The minimum Gasteiger partial charge on any atom is -0.442 e. The van der Waals surface area contributed by atoms with E-state index in [9.17, 15) is 4.79 Å². The van der Waals surface area contributed by atoms with E-state index in [4.69, 9.17) is 20.8 Å². The van der Waals surface area contributed by atoms with Gasteiger partial charge in [-0.2, -0.15) is 0 Å². The predicted octanol–water partition coefficient (Wildman–Crippen LogP) is 2.67. The van der Waals surface area contributed by atoms with Crippen LogP contribution in [0.4, 0.5) is 11.6 Å². The summed E-state index contributed by atoms with van der Waals surface area (Å²) in [5.41, 5.74) is 0.784. The van der Waals surface area contributed by atoms with Gasteiger partial charge < -0.3 is 19.4 Å². The molecule has 0 aromatic carbocycles. The van der Waals surface area contributed by atoms with Crippen molar-refractivity contribution in [2.24, 2.45) is 0 Å². The second-order valence-electron chi connectivity index (χ2n) is 5.83. The molecule has 134 valence electrons. The summed E-state index contributed by atoms with van der Waals surface area (Å²) in [7, 11) is 0. The van der Waals surface area contributed by atoms with Gasteiger partial charge in [0.1, 0.15) is 23.7 Å². The van der Waals surface area contributed by atoms with Crippen molar-refractivity contribution in [2.75, 3.05) is 36.5 Å². The normalized spacial score (nSPS) is 14.6. The molecular formula is C17H16ClN5O3. The van der Waals surface area contributed by atoms with Crippen molar-refractivity contribution < 1.29 is 13.9 Å². The molecule has 1 amide bonds. The zero-order chi connectivity index (χ0) is 18.1. The van der Waals surface area contributed by atoms with Crippen molar-refractivity contribution in [2.45, 2.75) is 6.92 Å². The quantitative estimate of drug-likeness (QED) is 0.754. The lowest BCUT2D eigenvalue weighted by Gasteiger charge is -2.28. The van der Waals surface area contributed by atoms with Gasteiger partial charge in [-0.1, -0.05) is 11.6 Å². The maximum atomic E-state index is 12.9. The zero-order valence-corrected chi connectivity index (χ0v) is 14.8. The summed E-state index contributed by atoms with van der Waals surface area (Å²) in [6.45, 7) is 4.33. The Morgan fingerprint density at radius 1 is 1.23 bits per heavy atom. The van der Waals surface area contributed by atoms with E-state index in [1.54, 1.807) is 19.1 Å². The summed E-state index contributed by atoms with van der Waals surface area (Å²) in [5, 5.41) is 3.86. The summed E-state index contributed by atoms with van der Waals surface area (Å²) >= 11 is 5.84. The van der Waals surface area contributed by atoms with E-state index in [1.807, 2.05) is 0 Å². The highest BCUT2D eigenvalue weighted by atomic mass is 35.5. The van der Waals surface area contributed by atoms with Crippen molar-refractivity contribution >= 4 is 40.2 Å². The van der Waals surface area contributed by atoms with E-state index in [-0.39, 0.29) is 5.91 Å². The SMILES string of the molecule is Cc1oc2ncnc(N3CCOCC3)c2c1C(=O)Nc1ccc(Cl)cn1. The monoisotopic (exact) mass is 373 g/mol. The summed E-state index contributed by atoms with van der Waals surface area (Å²) in [6, 6.07) is 3.30. The molecule has 0 radical (unpaired) electrons. The van der Waals surface area contributed by atoms with Gasteiger partial charge in [-0.25, -0.2) is 15.0 Å². The highest BCUT2D eigenvalue weighted by molar-refractivity contribution is 6.30. The fourth-order valence-electron chi connectivity index (χ4n) is 2.95. The number of nitrogens with zero attached hydrogens (tertiary/aromatic N) is 4. The third-order valence-corrected chi connectivity index (χ3v) is 4.37. The van der Waals surface area contributed by atoms with Crippen LogP contribution in [0.15, 0.2) is 29.1 Å². The molecule has 4 heterocycles. The number of anilines is 2. The minimum atomic E-state index is -0.333. The van der Waals surface area contributed by atoms with Crippen LogP contribution in [0.1, 0.15) is 16.1 Å². The van der Waals surface area contributed by atoms with Crippen molar-refractivity contribution in [3.63, 3.8) is 0 Å². The number of hydrogen-bond donors (Lipinski definition) is 1. The number of pyridine rings is 1. The van der Waals surface area contributed by atoms with Gasteiger partial charge >= 0.3 is 0 Å². The number of fused-ring (bicyclic) bond motifs is 1. The molecule has 1 aliphatic heterocycles. The summed E-state index contributed by atoms with van der Waals surface area (Å²) in [5.74, 6) is 1.21. The molecule has 26 heavy (non-hydrogen) atoms. The minimum absolute atomic E-state index is 0.333. The van der Waals surface area contributed by atoms with Crippen LogP contribution < -0.4 is 10.2 Å². The van der Waals surface area contributed by atoms with Crippen LogP contribution in [0.25, 0.3) is 11.1 Å². The Hall–Kier alpha value is -2.71. The van der Waals surface area contributed by atoms with Gasteiger partial charge in [0, 0.05) is 19.3 Å². The maximum absolute atomic E-state index is 12.9. The van der Waals surface area contributed by atoms with Crippen molar-refractivity contribution in [3.05, 3.63) is 41.0 Å². The molecule has 1 saturated heterocycles. The van der Waals surface area contributed by atoms with E-state index in [0.29, 0.717) is 65.4 Å². The second kappa shape index (κ2) is 6.89. The first-order valence-corrected chi connectivity index (χ1v) is 8.51. The third-order valence-electron chi connectivity index (χ3n) is 4.15. The molecule has 4 rings (SSSR count). The largest absolute Gasteiger partial charge is 0.442 e. The van der Waals surface area contributed by atoms with E-state index in [2.05, 4.69) is 25.2 Å². The van der Waals surface area contributed by atoms with Crippen LogP contribution in [0.2, 0.25) is 5.02 Å². The number of carbonyl (C=O) groups is 1. The number of halogens is 1. The number of rotatable bonds is 3. The molecule has 0 aliphatic carbocycles. The first-order valence-electron chi connectivity index (χ1n) is 8.13. The summed E-state index contributed by atoms with van der Waals surface area (Å²) < 4.78 is 11.1. The standard InChI is InChI=1S/C17H16ClN5O3/c1-10-13(16(24)22-12-3-2-11(18)8-19-12)14-15(20-9-21-17(14)26-10)23-4-6-25-7-5-23/h2-3,8-9H,4-7H2,1H3,(H,19,22,24). The van der Waals surface area contributed by atoms with Gasteiger partial charge in [-0.3, -0.25) is 4.79 Å². The van der Waals surface area contributed by atoms with Gasteiger partial charge in [-0.05, 0) is 19.1 Å². The Morgan fingerprint density at radius 3 is 2.77 bits per heavy atom. The van der Waals surface area contributed by atoms with Crippen molar-refractivity contribution in [1.82, 2.24) is 15.0 Å². The molecular weight excluding hydrogens is 358 g/mol. The molecule has 0 saturated carbocycles. The molecule has 3 aromatic rings. The fourth-order valence-corrected chi connectivity index (χ4v) is 3.06. The predicted molar refractivity (Wildman–Crippen MR) is 96.8 cm³/mol. The van der Waals surface area contributed by atoms with Crippen LogP contribution >= 0.6 is 11.6 Å². The number of aryl methyl sites for hydroxylation is 1. The number of furan rings is 1. The van der Waals surface area contributed by atoms with Gasteiger partial charge in [0.25, 0.3) is 5.91 Å². The molecule has 0 spiro atoms. The van der Waals surface area contributed by atoms with Crippen LogP contribution in [-0.4, -0.2) is 47.2 Å². The lowest BCUT2D eigenvalue weighted by atomic mass is 10.1. The second-order valence-corrected chi connectivity index (χ2v) is 6.26. The lowest BCUT2D eigenvalue weighted by Crippen LogP contribution is -2.37. The lowest BCUT2D eigenvalue weighted by molar-refractivity contribution is 0.102.